The van der Waals surface area contributed by atoms with Gasteiger partial charge in [0.1, 0.15) is 0 Å². The van der Waals surface area contributed by atoms with E-state index in [1.165, 1.54) is 0 Å². The maximum atomic E-state index is 8.66. The monoisotopic (exact) mass is 248 g/mol. The molecular weight excluding hydrogens is 239 g/mol. The summed E-state index contributed by atoms with van der Waals surface area (Å²) in [6, 6.07) is 7.80. The summed E-state index contributed by atoms with van der Waals surface area (Å²) >= 11 is 9.32. The quantitative estimate of drug-likeness (QED) is 0.816. The molecule has 0 saturated heterocycles. The third kappa shape index (κ3) is 2.77. The summed E-state index contributed by atoms with van der Waals surface area (Å²) in [4.78, 5) is 0. The SMILES string of the molecule is OCCC(Cl)c1ccc(Br)cc1. The summed E-state index contributed by atoms with van der Waals surface area (Å²) in [5.74, 6) is 0. The molecule has 0 aromatic heterocycles. The fourth-order valence-corrected chi connectivity index (χ4v) is 1.46. The third-order valence-electron chi connectivity index (χ3n) is 1.61. The van der Waals surface area contributed by atoms with E-state index < -0.39 is 0 Å². The molecule has 0 heterocycles. The summed E-state index contributed by atoms with van der Waals surface area (Å²) in [7, 11) is 0. The highest BCUT2D eigenvalue weighted by atomic mass is 79.9. The van der Waals surface area contributed by atoms with Crippen molar-refractivity contribution in [3.05, 3.63) is 34.3 Å². The molecule has 1 aromatic carbocycles. The van der Waals surface area contributed by atoms with E-state index in [9.17, 15) is 0 Å². The molecule has 0 amide bonds. The Bertz CT molecular complexity index is 235. The van der Waals surface area contributed by atoms with E-state index >= 15 is 0 Å². The Morgan fingerprint density at radius 1 is 1.33 bits per heavy atom. The van der Waals surface area contributed by atoms with Crippen molar-refractivity contribution in [2.45, 2.75) is 11.8 Å². The van der Waals surface area contributed by atoms with Crippen LogP contribution in [0, 0.1) is 0 Å². The number of benzene rings is 1. The van der Waals surface area contributed by atoms with Crippen LogP contribution in [0.5, 0.6) is 0 Å². The number of alkyl halides is 1. The number of hydrogen-bond acceptors (Lipinski definition) is 1. The molecule has 3 heteroatoms. The lowest BCUT2D eigenvalue weighted by atomic mass is 10.1. The lowest BCUT2D eigenvalue weighted by Crippen LogP contribution is -1.93. The molecule has 0 aliphatic rings. The molecule has 0 aliphatic carbocycles. The zero-order valence-electron chi connectivity index (χ0n) is 6.50. The van der Waals surface area contributed by atoms with Crippen LogP contribution in [-0.2, 0) is 0 Å². The Balaban J connectivity index is 2.68. The minimum Gasteiger partial charge on any atom is -0.396 e. The van der Waals surface area contributed by atoms with Crippen LogP contribution in [0.15, 0.2) is 28.7 Å². The second-order valence-corrected chi connectivity index (χ2v) is 3.97. The highest BCUT2D eigenvalue weighted by Crippen LogP contribution is 2.24. The molecule has 1 nitrogen and oxygen atoms in total. The molecule has 0 fully saturated rings. The maximum absolute atomic E-state index is 8.66. The maximum Gasteiger partial charge on any atom is 0.0607 e. The smallest absolute Gasteiger partial charge is 0.0607 e. The Hall–Kier alpha value is -0.0500. The van der Waals surface area contributed by atoms with Gasteiger partial charge >= 0.3 is 0 Å². The van der Waals surface area contributed by atoms with Gasteiger partial charge in [-0.3, -0.25) is 0 Å². The number of hydrogen-bond donors (Lipinski definition) is 1. The summed E-state index contributed by atoms with van der Waals surface area (Å²) in [6.07, 6.45) is 0.600. The van der Waals surface area contributed by atoms with Gasteiger partial charge in [0.25, 0.3) is 0 Å². The highest BCUT2D eigenvalue weighted by molar-refractivity contribution is 9.10. The van der Waals surface area contributed by atoms with Crippen LogP contribution in [0.1, 0.15) is 17.4 Å². The number of rotatable bonds is 3. The van der Waals surface area contributed by atoms with Crippen LogP contribution in [0.25, 0.3) is 0 Å². The second-order valence-electron chi connectivity index (χ2n) is 2.53. The highest BCUT2D eigenvalue weighted by Gasteiger charge is 2.05. The number of halogens is 2. The molecule has 0 aliphatic heterocycles. The van der Waals surface area contributed by atoms with E-state index in [1.807, 2.05) is 24.3 Å². The zero-order chi connectivity index (χ0) is 8.97. The van der Waals surface area contributed by atoms with Crippen LogP contribution in [-0.4, -0.2) is 11.7 Å². The minimum absolute atomic E-state index is 0.0805. The molecule has 0 saturated carbocycles. The summed E-state index contributed by atoms with van der Waals surface area (Å²) in [5.41, 5.74) is 1.05. The molecule has 1 unspecified atom stereocenters. The third-order valence-corrected chi connectivity index (χ3v) is 2.61. The van der Waals surface area contributed by atoms with Crippen molar-refractivity contribution >= 4 is 27.5 Å². The lowest BCUT2D eigenvalue weighted by Gasteiger charge is -2.07. The van der Waals surface area contributed by atoms with E-state index in [0.717, 1.165) is 10.0 Å². The standard InChI is InChI=1S/C9H10BrClO/c10-8-3-1-7(2-4-8)9(11)5-6-12/h1-4,9,12H,5-6H2. The van der Waals surface area contributed by atoms with Crippen molar-refractivity contribution < 1.29 is 5.11 Å². The zero-order valence-corrected chi connectivity index (χ0v) is 8.85. The average molecular weight is 250 g/mol. The van der Waals surface area contributed by atoms with Gasteiger partial charge in [-0.1, -0.05) is 28.1 Å². The molecule has 1 atom stereocenters. The first-order chi connectivity index (χ1) is 5.74. The molecule has 66 valence electrons. The van der Waals surface area contributed by atoms with Gasteiger partial charge in [0, 0.05) is 11.1 Å². The Morgan fingerprint density at radius 3 is 2.42 bits per heavy atom. The summed E-state index contributed by atoms with van der Waals surface area (Å²) in [6.45, 7) is 0.129. The molecule has 0 radical (unpaired) electrons. The van der Waals surface area contributed by atoms with Gasteiger partial charge in [0.15, 0.2) is 0 Å². The van der Waals surface area contributed by atoms with Crippen LogP contribution in [0.3, 0.4) is 0 Å². The Labute approximate surface area is 85.5 Å². The van der Waals surface area contributed by atoms with E-state index in [0.29, 0.717) is 6.42 Å². The van der Waals surface area contributed by atoms with E-state index in [4.69, 9.17) is 16.7 Å². The van der Waals surface area contributed by atoms with Gasteiger partial charge in [-0.25, -0.2) is 0 Å². The van der Waals surface area contributed by atoms with E-state index in [-0.39, 0.29) is 12.0 Å². The molecule has 1 rings (SSSR count). The first kappa shape index (κ1) is 10.0. The lowest BCUT2D eigenvalue weighted by molar-refractivity contribution is 0.286. The molecule has 12 heavy (non-hydrogen) atoms. The summed E-state index contributed by atoms with van der Waals surface area (Å²) < 4.78 is 1.04. The van der Waals surface area contributed by atoms with Crippen molar-refractivity contribution in [3.8, 4) is 0 Å². The summed E-state index contributed by atoms with van der Waals surface area (Å²) in [5, 5.41) is 8.58. The van der Waals surface area contributed by atoms with Gasteiger partial charge in [-0.2, -0.15) is 0 Å². The normalized spacial score (nSPS) is 12.9. The van der Waals surface area contributed by atoms with Gasteiger partial charge in [-0.15, -0.1) is 11.6 Å². The second kappa shape index (κ2) is 4.85. The number of aliphatic hydroxyl groups is 1. The van der Waals surface area contributed by atoms with Gasteiger partial charge in [0.05, 0.1) is 5.38 Å². The Morgan fingerprint density at radius 2 is 1.92 bits per heavy atom. The molecule has 1 aromatic rings. The van der Waals surface area contributed by atoms with Crippen LogP contribution in [0.4, 0.5) is 0 Å². The molecule has 0 bridgehead atoms. The van der Waals surface area contributed by atoms with Crippen LogP contribution in [0.2, 0.25) is 0 Å². The van der Waals surface area contributed by atoms with Crippen LogP contribution >= 0.6 is 27.5 Å². The fourth-order valence-electron chi connectivity index (χ4n) is 0.952. The van der Waals surface area contributed by atoms with Crippen LogP contribution < -0.4 is 0 Å². The topological polar surface area (TPSA) is 20.2 Å². The van der Waals surface area contributed by atoms with E-state index in [2.05, 4.69) is 15.9 Å². The predicted octanol–water partition coefficient (Wildman–Crippen LogP) is 3.11. The minimum atomic E-state index is -0.0805. The molecule has 1 N–H and O–H groups in total. The fraction of sp³-hybridized carbons (Fsp3) is 0.333. The van der Waals surface area contributed by atoms with Crippen molar-refractivity contribution in [2.24, 2.45) is 0 Å². The predicted molar refractivity (Wildman–Crippen MR) is 54.4 cm³/mol. The van der Waals surface area contributed by atoms with Crippen molar-refractivity contribution in [1.29, 1.82) is 0 Å². The van der Waals surface area contributed by atoms with Gasteiger partial charge in [-0.05, 0) is 24.1 Å². The van der Waals surface area contributed by atoms with Crippen molar-refractivity contribution in [1.82, 2.24) is 0 Å². The average Bonchev–Trinajstić information content (AvgIpc) is 2.06. The first-order valence-electron chi connectivity index (χ1n) is 3.74. The molecular formula is C9H10BrClO. The van der Waals surface area contributed by atoms with E-state index in [1.54, 1.807) is 0 Å². The number of aliphatic hydroxyl groups excluding tert-OH is 1. The van der Waals surface area contributed by atoms with Gasteiger partial charge < -0.3 is 5.11 Å². The first-order valence-corrected chi connectivity index (χ1v) is 4.97. The largest absolute Gasteiger partial charge is 0.396 e. The van der Waals surface area contributed by atoms with Gasteiger partial charge in [0.2, 0.25) is 0 Å². The molecule has 0 spiro atoms. The van der Waals surface area contributed by atoms with Crippen molar-refractivity contribution in [2.75, 3.05) is 6.61 Å². The Kier molecular flexibility index (Phi) is 4.06. The van der Waals surface area contributed by atoms with Crippen molar-refractivity contribution in [3.63, 3.8) is 0 Å².